The van der Waals surface area contributed by atoms with Gasteiger partial charge in [-0.05, 0) is 113 Å². The van der Waals surface area contributed by atoms with E-state index >= 15 is 0 Å². The third-order valence-corrected chi connectivity index (χ3v) is 15.3. The van der Waals surface area contributed by atoms with Crippen molar-refractivity contribution in [1.29, 1.82) is 0 Å². The number of hydrogen-bond acceptors (Lipinski definition) is 14. The summed E-state index contributed by atoms with van der Waals surface area (Å²) in [5, 5.41) is 84.9. The minimum atomic E-state index is -1.83. The van der Waals surface area contributed by atoms with Gasteiger partial charge in [0.25, 0.3) is 29.5 Å². The number of halogens is 6. The monoisotopic (exact) mass is 1510 g/mol. The summed E-state index contributed by atoms with van der Waals surface area (Å²) in [7, 11) is 4.16. The molecule has 1 aromatic carbocycles. The van der Waals surface area contributed by atoms with Crippen LogP contribution >= 0.6 is 136 Å². The minimum absolute atomic E-state index is 0.00659. The summed E-state index contributed by atoms with van der Waals surface area (Å²) in [6, 6.07) is 0. The van der Waals surface area contributed by atoms with Crippen molar-refractivity contribution in [3.05, 3.63) is 40.3 Å². The molecule has 0 fully saturated rings. The molecule has 0 spiro atoms. The number of alkyl halides is 1. The number of hydrogen-bond donors (Lipinski definition) is 11. The molecule has 6 atom stereocenters. The van der Waals surface area contributed by atoms with Gasteiger partial charge in [-0.3, -0.25) is 28.8 Å². The van der Waals surface area contributed by atoms with Gasteiger partial charge in [-0.25, -0.2) is 0 Å². The molecule has 6 unspecified atom stereocenters. The first-order chi connectivity index (χ1) is 27.5. The zero-order valence-electron chi connectivity index (χ0n) is 31.3. The van der Waals surface area contributed by atoms with Crippen LogP contribution in [0.4, 0.5) is 5.69 Å². The van der Waals surface area contributed by atoms with Crippen molar-refractivity contribution in [3.63, 3.8) is 0 Å². The van der Waals surface area contributed by atoms with Gasteiger partial charge >= 0.3 is 0 Å². The molecular formula is C33H42I6N6O14. The number of rotatable bonds is 19. The Labute approximate surface area is 420 Å². The number of amides is 6. The van der Waals surface area contributed by atoms with Gasteiger partial charge < -0.3 is 71.5 Å². The first-order valence-electron chi connectivity index (χ1n) is 17.0. The Balaban J connectivity index is 2.52. The number of aliphatic hydroxyl groups excluding tert-OH is 8. The standard InChI is InChI=1S/C33H42I6N6O14/c1-43(31(57)18-21(35)19(33(59)45(3)7-13(51)9-47)25(39)27(24(18)38)42-29(55)15(53)11-49)5-4-40-30(56)16-20(34)17(32(58)44(2)6-12(50)8-46)23(37)26(22(16)36)41-28(54)14(52)10-48/h12-16,22,46-53H,4-11H2,1-3H3,(H,40,56)(H,41,54)(H,42,55). The summed E-state index contributed by atoms with van der Waals surface area (Å²) in [5.41, 5.74) is 0.0138. The average molecular weight is 1510 g/mol. The second-order valence-electron chi connectivity index (χ2n) is 12.8. The van der Waals surface area contributed by atoms with E-state index in [0.717, 1.165) is 9.80 Å². The molecule has 0 radical (unpaired) electrons. The van der Waals surface area contributed by atoms with Gasteiger partial charge in [-0.15, -0.1) is 0 Å². The molecule has 1 aliphatic carbocycles. The number of anilines is 1. The molecule has 0 aromatic heterocycles. The van der Waals surface area contributed by atoms with E-state index in [9.17, 15) is 69.6 Å². The zero-order chi connectivity index (χ0) is 45.2. The fourth-order valence-electron chi connectivity index (χ4n) is 5.16. The van der Waals surface area contributed by atoms with Crippen molar-refractivity contribution in [2.75, 3.05) is 79.1 Å². The van der Waals surface area contributed by atoms with E-state index in [4.69, 9.17) is 0 Å². The van der Waals surface area contributed by atoms with E-state index < -0.39 is 96.1 Å². The Morgan fingerprint density at radius 1 is 0.644 bits per heavy atom. The molecule has 11 N–H and O–H groups in total. The number of carbonyl (C=O) groups is 6. The fraction of sp³-hybridized carbons (Fsp3) is 0.515. The Bertz CT molecular complexity index is 1850. The van der Waals surface area contributed by atoms with Crippen LogP contribution in [0, 0.1) is 16.6 Å². The lowest BCUT2D eigenvalue weighted by Gasteiger charge is -2.33. The van der Waals surface area contributed by atoms with E-state index in [-0.39, 0.29) is 72.1 Å². The molecule has 0 saturated carbocycles. The number of nitrogens with one attached hydrogen (secondary N) is 3. The molecule has 0 aliphatic heterocycles. The smallest absolute Gasteiger partial charge is 0.255 e. The molecular weight excluding hydrogens is 1470 g/mol. The fourth-order valence-corrected chi connectivity index (χ4v) is 14.6. The molecule has 0 bridgehead atoms. The first-order valence-corrected chi connectivity index (χ1v) is 23.6. The van der Waals surface area contributed by atoms with Crippen molar-refractivity contribution in [3.8, 4) is 0 Å². The third-order valence-electron chi connectivity index (χ3n) is 8.41. The van der Waals surface area contributed by atoms with E-state index in [1.165, 1.54) is 26.0 Å². The molecule has 330 valence electrons. The van der Waals surface area contributed by atoms with Crippen molar-refractivity contribution in [2.24, 2.45) is 5.92 Å². The van der Waals surface area contributed by atoms with Crippen LogP contribution in [0.5, 0.6) is 0 Å². The lowest BCUT2D eigenvalue weighted by molar-refractivity contribution is -0.131. The van der Waals surface area contributed by atoms with Gasteiger partial charge in [0.1, 0.15) is 0 Å². The summed E-state index contributed by atoms with van der Waals surface area (Å²) < 4.78 is 0.188. The van der Waals surface area contributed by atoms with Crippen LogP contribution in [0.2, 0.25) is 0 Å². The minimum Gasteiger partial charge on any atom is -0.394 e. The second kappa shape index (κ2) is 25.2. The summed E-state index contributed by atoms with van der Waals surface area (Å²) in [6.45, 7) is -3.88. The van der Waals surface area contributed by atoms with E-state index in [2.05, 4.69) is 16.0 Å². The van der Waals surface area contributed by atoms with E-state index in [0.29, 0.717) is 0 Å². The topological polar surface area (TPSA) is 310 Å². The van der Waals surface area contributed by atoms with E-state index in [1.54, 1.807) is 67.8 Å². The molecule has 26 heteroatoms. The predicted molar refractivity (Wildman–Crippen MR) is 262 cm³/mol. The number of allylic oxidation sites excluding steroid dienone is 1. The molecule has 0 saturated heterocycles. The number of aliphatic hydroxyl groups is 8. The second-order valence-corrected chi connectivity index (χ2v) is 19.7. The highest BCUT2D eigenvalue weighted by Crippen LogP contribution is 2.44. The molecule has 0 heterocycles. The summed E-state index contributed by atoms with van der Waals surface area (Å²) in [4.78, 5) is 84.4. The summed E-state index contributed by atoms with van der Waals surface area (Å²) in [6.07, 6.45) is -6.18. The van der Waals surface area contributed by atoms with Crippen molar-refractivity contribution in [2.45, 2.75) is 28.3 Å². The highest BCUT2D eigenvalue weighted by Gasteiger charge is 2.42. The van der Waals surface area contributed by atoms with Crippen molar-refractivity contribution in [1.82, 2.24) is 25.3 Å². The Morgan fingerprint density at radius 2 is 1.08 bits per heavy atom. The van der Waals surface area contributed by atoms with Gasteiger partial charge in [0.2, 0.25) is 5.91 Å². The Morgan fingerprint density at radius 3 is 1.54 bits per heavy atom. The maximum Gasteiger partial charge on any atom is 0.255 e. The highest BCUT2D eigenvalue weighted by atomic mass is 127. The Kier molecular flexibility index (Phi) is 23.3. The lowest BCUT2D eigenvalue weighted by atomic mass is 9.91. The maximum absolute atomic E-state index is 14.1. The van der Waals surface area contributed by atoms with Crippen molar-refractivity contribution >= 4 is 177 Å². The van der Waals surface area contributed by atoms with Gasteiger partial charge in [-0.2, -0.15) is 0 Å². The average Bonchev–Trinajstić information content (AvgIpc) is 3.19. The van der Waals surface area contributed by atoms with Crippen LogP contribution in [0.25, 0.3) is 0 Å². The van der Waals surface area contributed by atoms with Crippen LogP contribution in [-0.4, -0.2) is 193 Å². The normalized spacial score (nSPS) is 17.4. The lowest BCUT2D eigenvalue weighted by Crippen LogP contribution is -2.47. The zero-order valence-corrected chi connectivity index (χ0v) is 44.2. The van der Waals surface area contributed by atoms with Crippen LogP contribution in [0.15, 0.2) is 18.4 Å². The van der Waals surface area contributed by atoms with Crippen molar-refractivity contribution < 1.29 is 69.6 Å². The quantitative estimate of drug-likeness (QED) is 0.0553. The van der Waals surface area contributed by atoms with Crippen LogP contribution in [0.1, 0.15) is 20.7 Å². The van der Waals surface area contributed by atoms with Crippen LogP contribution in [0.3, 0.4) is 0 Å². The molecule has 2 rings (SSSR count). The summed E-state index contributed by atoms with van der Waals surface area (Å²) >= 11 is 11.0. The molecule has 1 aromatic rings. The number of benzene rings is 1. The summed E-state index contributed by atoms with van der Waals surface area (Å²) in [5.74, 6) is -5.71. The number of carbonyl (C=O) groups excluding carboxylic acids is 6. The third kappa shape index (κ3) is 13.8. The van der Waals surface area contributed by atoms with Gasteiger partial charge in [0.05, 0.1) is 78.0 Å². The Hall–Kier alpha value is -0.420. The van der Waals surface area contributed by atoms with Crippen LogP contribution in [-0.2, 0) is 19.2 Å². The number of likely N-dealkylation sites (N-methyl/N-ethyl adjacent to an activating group) is 3. The van der Waals surface area contributed by atoms with Crippen LogP contribution < -0.4 is 16.0 Å². The SMILES string of the molecule is CN(CC(O)CO)C(=O)C1=C(I)C(C(=O)NCCN(C)C(=O)c2c(I)c(NC(=O)C(O)CO)c(I)c(C(=O)N(C)CC(O)CO)c2I)C(I)C(NC(=O)C(O)CO)=C1I. The highest BCUT2D eigenvalue weighted by molar-refractivity contribution is 14.1. The van der Waals surface area contributed by atoms with Gasteiger partial charge in [0.15, 0.2) is 12.2 Å². The largest absolute Gasteiger partial charge is 0.394 e. The molecule has 6 amide bonds. The first kappa shape index (κ1) is 54.7. The maximum atomic E-state index is 14.1. The van der Waals surface area contributed by atoms with Gasteiger partial charge in [-0.1, -0.05) is 22.6 Å². The molecule has 1 aliphatic rings. The molecule has 20 nitrogen and oxygen atoms in total. The van der Waals surface area contributed by atoms with E-state index in [1.807, 2.05) is 67.8 Å². The molecule has 59 heavy (non-hydrogen) atoms. The van der Waals surface area contributed by atoms with Gasteiger partial charge in [0, 0.05) is 63.7 Å². The number of nitrogens with zero attached hydrogens (tertiary/aromatic N) is 3. The predicted octanol–water partition coefficient (Wildman–Crippen LogP) is -1.54.